The van der Waals surface area contributed by atoms with E-state index < -0.39 is 17.8 Å². The van der Waals surface area contributed by atoms with Crippen LogP contribution in [0.2, 0.25) is 0 Å². The highest BCUT2D eigenvalue weighted by molar-refractivity contribution is 7.13. The van der Waals surface area contributed by atoms with E-state index in [0.29, 0.717) is 5.75 Å². The minimum absolute atomic E-state index is 0.0369. The Balaban J connectivity index is 1.79. The van der Waals surface area contributed by atoms with Crippen LogP contribution in [0.5, 0.6) is 11.6 Å². The molecule has 0 atom stereocenters. The van der Waals surface area contributed by atoms with Crippen LogP contribution >= 0.6 is 11.3 Å². The summed E-state index contributed by atoms with van der Waals surface area (Å²) < 4.78 is 57.9. The second-order valence-corrected chi connectivity index (χ2v) is 7.85. The molecule has 1 aromatic carbocycles. The number of anilines is 2. The van der Waals surface area contributed by atoms with E-state index in [0.717, 1.165) is 22.3 Å². The second kappa shape index (κ2) is 7.38. The minimum Gasteiger partial charge on any atom is -0.439 e. The molecule has 0 bridgehead atoms. The molecule has 1 N–H and O–H groups in total. The topological polar surface area (TPSA) is 47.0 Å². The first kappa shape index (κ1) is 20.1. The molecule has 2 aromatic heterocycles. The van der Waals surface area contributed by atoms with E-state index >= 15 is 0 Å². The van der Waals surface area contributed by atoms with Crippen LogP contribution in [0, 0.1) is 5.95 Å². The summed E-state index contributed by atoms with van der Waals surface area (Å²) in [6, 6.07) is 10.1. The predicted octanol–water partition coefficient (Wildman–Crippen LogP) is 6.53. The quantitative estimate of drug-likeness (QED) is 0.392. The molecule has 0 aliphatic rings. The summed E-state index contributed by atoms with van der Waals surface area (Å²) in [5.41, 5.74) is -0.383. The van der Waals surface area contributed by atoms with Crippen LogP contribution in [0.25, 0.3) is 0 Å². The number of hydrogen-bond acceptors (Lipinski definition) is 5. The Bertz CT molecular complexity index is 980. The molecule has 0 saturated heterocycles. The van der Waals surface area contributed by atoms with Gasteiger partial charge in [-0.2, -0.15) is 22.5 Å². The van der Waals surface area contributed by atoms with Crippen LogP contribution in [-0.2, 0) is 11.6 Å². The SMILES string of the molecule is CC(C)(C)c1ccccc1Oc1ccc(Nc2nc(C(F)(F)F)cs2)c([18F])n1. The van der Waals surface area contributed by atoms with Crippen molar-refractivity contribution < 1.29 is 22.3 Å². The van der Waals surface area contributed by atoms with Crippen LogP contribution in [0.15, 0.2) is 41.8 Å². The van der Waals surface area contributed by atoms with Gasteiger partial charge in [-0.05, 0) is 17.5 Å². The predicted molar refractivity (Wildman–Crippen MR) is 99.8 cm³/mol. The van der Waals surface area contributed by atoms with Gasteiger partial charge >= 0.3 is 6.18 Å². The molecule has 4 nitrogen and oxygen atoms in total. The van der Waals surface area contributed by atoms with E-state index in [-0.39, 0.29) is 22.1 Å². The van der Waals surface area contributed by atoms with E-state index in [9.17, 15) is 17.6 Å². The molecule has 2 heterocycles. The molecule has 0 aliphatic heterocycles. The van der Waals surface area contributed by atoms with Gasteiger partial charge in [0.25, 0.3) is 0 Å². The number of aromatic nitrogens is 2. The molecule has 148 valence electrons. The van der Waals surface area contributed by atoms with Crippen LogP contribution in [0.4, 0.5) is 28.4 Å². The van der Waals surface area contributed by atoms with Gasteiger partial charge in [0.1, 0.15) is 5.75 Å². The first-order chi connectivity index (χ1) is 13.0. The lowest BCUT2D eigenvalue weighted by atomic mass is 9.86. The maximum Gasteiger partial charge on any atom is 0.434 e. The average molecular weight is 410 g/mol. The van der Waals surface area contributed by atoms with Crippen molar-refractivity contribution >= 4 is 22.2 Å². The number of alkyl halides is 3. The maximum atomic E-state index is 14.3. The highest BCUT2D eigenvalue weighted by Gasteiger charge is 2.33. The summed E-state index contributed by atoms with van der Waals surface area (Å²) in [6.07, 6.45) is -4.55. The standard InChI is InChI=1S/C19H17F4N3OS/c1-18(2,3)11-6-4-5-7-13(11)27-15-9-8-12(16(20)26-15)24-17-25-14(10-28-17)19(21,22)23/h4-10H,1-3H3,(H,24,25)/i20-1. The minimum atomic E-state index is -4.55. The zero-order valence-corrected chi connectivity index (χ0v) is 16.1. The molecule has 3 rings (SSSR count). The number of para-hydroxylation sites is 1. The zero-order valence-electron chi connectivity index (χ0n) is 15.3. The Hall–Kier alpha value is -2.68. The van der Waals surface area contributed by atoms with Gasteiger partial charge in [-0.1, -0.05) is 39.0 Å². The number of nitrogens with one attached hydrogen (secondary N) is 1. The van der Waals surface area contributed by atoms with E-state index in [1.807, 2.05) is 32.9 Å². The number of pyridine rings is 1. The average Bonchev–Trinajstić information content (AvgIpc) is 3.06. The van der Waals surface area contributed by atoms with Gasteiger partial charge in [-0.25, -0.2) is 4.98 Å². The number of rotatable bonds is 4. The number of nitrogens with zero attached hydrogens (tertiary/aromatic N) is 2. The Morgan fingerprint density at radius 3 is 2.32 bits per heavy atom. The molecule has 3 aromatic rings. The van der Waals surface area contributed by atoms with E-state index in [2.05, 4.69) is 15.3 Å². The third kappa shape index (κ3) is 4.59. The fourth-order valence-corrected chi connectivity index (χ4v) is 3.16. The summed E-state index contributed by atoms with van der Waals surface area (Å²) in [4.78, 5) is 7.15. The number of hydrogen-bond donors (Lipinski definition) is 1. The summed E-state index contributed by atoms with van der Waals surface area (Å²) in [6.45, 7) is 6.08. The summed E-state index contributed by atoms with van der Waals surface area (Å²) in [5.74, 6) is -0.318. The lowest BCUT2D eigenvalue weighted by Gasteiger charge is -2.22. The van der Waals surface area contributed by atoms with Crippen molar-refractivity contribution in [3.63, 3.8) is 0 Å². The van der Waals surface area contributed by atoms with E-state index in [1.165, 1.54) is 12.1 Å². The smallest absolute Gasteiger partial charge is 0.434 e. The van der Waals surface area contributed by atoms with Crippen molar-refractivity contribution in [2.45, 2.75) is 32.4 Å². The third-order valence-corrected chi connectivity index (χ3v) is 4.53. The van der Waals surface area contributed by atoms with Gasteiger partial charge in [-0.3, -0.25) is 0 Å². The number of halogens is 4. The molecule has 28 heavy (non-hydrogen) atoms. The fourth-order valence-electron chi connectivity index (χ4n) is 2.43. The van der Waals surface area contributed by atoms with Crippen LogP contribution in [0.3, 0.4) is 0 Å². The summed E-state index contributed by atoms with van der Waals surface area (Å²) in [7, 11) is 0. The third-order valence-electron chi connectivity index (χ3n) is 3.77. The molecule has 0 fully saturated rings. The van der Waals surface area contributed by atoms with Gasteiger partial charge < -0.3 is 10.1 Å². The van der Waals surface area contributed by atoms with Crippen LogP contribution in [0.1, 0.15) is 32.0 Å². The molecule has 0 radical (unpaired) electrons. The van der Waals surface area contributed by atoms with Gasteiger partial charge in [0.15, 0.2) is 10.8 Å². The molecular formula is C19H17F4N3OS. The zero-order chi connectivity index (χ0) is 20.5. The second-order valence-electron chi connectivity index (χ2n) is 7.00. The molecule has 0 saturated carbocycles. The Kier molecular flexibility index (Phi) is 5.29. The summed E-state index contributed by atoms with van der Waals surface area (Å²) >= 11 is 0.724. The summed E-state index contributed by atoms with van der Waals surface area (Å²) in [5, 5.41) is 3.28. The Morgan fingerprint density at radius 2 is 1.71 bits per heavy atom. The van der Waals surface area contributed by atoms with Crippen LogP contribution < -0.4 is 10.1 Å². The highest BCUT2D eigenvalue weighted by Crippen LogP contribution is 2.35. The lowest BCUT2D eigenvalue weighted by Crippen LogP contribution is -2.12. The maximum absolute atomic E-state index is 14.3. The Morgan fingerprint density at radius 1 is 1.00 bits per heavy atom. The Labute approximate surface area is 163 Å². The molecular weight excluding hydrogens is 393 g/mol. The largest absolute Gasteiger partial charge is 0.439 e. The van der Waals surface area contributed by atoms with Gasteiger partial charge in [0.2, 0.25) is 11.8 Å². The number of benzene rings is 1. The van der Waals surface area contributed by atoms with Crippen molar-refractivity contribution in [1.82, 2.24) is 9.97 Å². The molecule has 0 unspecified atom stereocenters. The van der Waals surface area contributed by atoms with Crippen molar-refractivity contribution in [3.05, 3.63) is 59.0 Å². The lowest BCUT2D eigenvalue weighted by molar-refractivity contribution is -0.140. The number of ether oxygens (including phenoxy) is 1. The molecule has 0 spiro atoms. The van der Waals surface area contributed by atoms with Gasteiger partial charge in [-0.15, -0.1) is 11.3 Å². The highest BCUT2D eigenvalue weighted by atomic mass is 32.1. The van der Waals surface area contributed by atoms with Crippen molar-refractivity contribution in [2.75, 3.05) is 5.32 Å². The normalized spacial score (nSPS) is 12.1. The van der Waals surface area contributed by atoms with Crippen molar-refractivity contribution in [3.8, 4) is 11.6 Å². The van der Waals surface area contributed by atoms with Crippen molar-refractivity contribution in [2.24, 2.45) is 0 Å². The molecule has 9 heteroatoms. The van der Waals surface area contributed by atoms with Crippen molar-refractivity contribution in [1.29, 1.82) is 0 Å². The molecule has 0 aliphatic carbocycles. The molecule has 0 amide bonds. The first-order valence-corrected chi connectivity index (χ1v) is 9.15. The van der Waals surface area contributed by atoms with Gasteiger partial charge in [0.05, 0.1) is 5.69 Å². The monoisotopic (exact) mass is 410 g/mol. The van der Waals surface area contributed by atoms with Crippen LogP contribution in [-0.4, -0.2) is 9.97 Å². The fraction of sp³-hybridized carbons (Fsp3) is 0.263. The van der Waals surface area contributed by atoms with E-state index in [1.54, 1.807) is 12.1 Å². The number of thiazole rings is 1. The first-order valence-electron chi connectivity index (χ1n) is 8.28. The van der Waals surface area contributed by atoms with E-state index in [4.69, 9.17) is 4.74 Å². The van der Waals surface area contributed by atoms with Gasteiger partial charge in [0, 0.05) is 17.0 Å².